The molecule has 0 amide bonds. The minimum Gasteiger partial charge on any atom is -0.316 e. The lowest BCUT2D eigenvalue weighted by molar-refractivity contribution is 0.272. The van der Waals surface area contributed by atoms with Crippen LogP contribution in [0.2, 0.25) is 0 Å². The van der Waals surface area contributed by atoms with Crippen molar-refractivity contribution < 1.29 is 8.42 Å². The summed E-state index contributed by atoms with van der Waals surface area (Å²) in [7, 11) is -2.80. The molecule has 1 fully saturated rings. The fourth-order valence-corrected chi connectivity index (χ4v) is 3.58. The molecule has 0 aromatic rings. The van der Waals surface area contributed by atoms with E-state index in [9.17, 15) is 8.42 Å². The third-order valence-electron chi connectivity index (χ3n) is 3.80. The third kappa shape index (κ3) is 4.06. The monoisotopic (exact) mass is 247 g/mol. The Labute approximate surface area is 99.9 Å². The van der Waals surface area contributed by atoms with Gasteiger partial charge in [-0.2, -0.15) is 0 Å². The van der Waals surface area contributed by atoms with Crippen molar-refractivity contribution in [2.24, 2.45) is 5.41 Å². The number of hydrogen-bond donors (Lipinski definition) is 1. The van der Waals surface area contributed by atoms with Crippen LogP contribution in [0.1, 0.15) is 46.0 Å². The first kappa shape index (κ1) is 14.0. The summed E-state index contributed by atoms with van der Waals surface area (Å²) >= 11 is 0. The Kier molecular flexibility index (Phi) is 5.25. The molecular weight excluding hydrogens is 222 g/mol. The molecule has 1 aliphatic rings. The molecule has 1 rings (SSSR count). The summed E-state index contributed by atoms with van der Waals surface area (Å²) in [5.41, 5.74) is 0.262. The van der Waals surface area contributed by atoms with Gasteiger partial charge in [-0.05, 0) is 31.2 Å². The van der Waals surface area contributed by atoms with Gasteiger partial charge in [-0.1, -0.05) is 26.7 Å². The summed E-state index contributed by atoms with van der Waals surface area (Å²) in [6.45, 7) is 5.80. The second-order valence-corrected chi connectivity index (χ2v) is 7.45. The van der Waals surface area contributed by atoms with Gasteiger partial charge in [0.05, 0.1) is 5.75 Å². The topological polar surface area (TPSA) is 46.2 Å². The first-order valence-corrected chi connectivity index (χ1v) is 8.27. The van der Waals surface area contributed by atoms with Gasteiger partial charge in [0, 0.05) is 12.3 Å². The van der Waals surface area contributed by atoms with E-state index >= 15 is 0 Å². The largest absolute Gasteiger partial charge is 0.316 e. The molecule has 0 radical (unpaired) electrons. The number of rotatable bonds is 7. The Hall–Kier alpha value is -0.0900. The maximum atomic E-state index is 11.6. The Morgan fingerprint density at radius 2 is 1.81 bits per heavy atom. The van der Waals surface area contributed by atoms with Gasteiger partial charge in [0.25, 0.3) is 0 Å². The van der Waals surface area contributed by atoms with Crippen LogP contribution in [0.5, 0.6) is 0 Å². The highest BCUT2D eigenvalue weighted by atomic mass is 32.2. The Morgan fingerprint density at radius 1 is 1.19 bits per heavy atom. The van der Waals surface area contributed by atoms with E-state index in [0.717, 1.165) is 19.5 Å². The van der Waals surface area contributed by atoms with Gasteiger partial charge in [0.1, 0.15) is 9.84 Å². The summed E-state index contributed by atoms with van der Waals surface area (Å²) in [5, 5.41) is 3.39. The van der Waals surface area contributed by atoms with Crippen LogP contribution in [-0.4, -0.2) is 33.0 Å². The van der Waals surface area contributed by atoms with Crippen molar-refractivity contribution in [3.05, 3.63) is 0 Å². The molecule has 0 bridgehead atoms. The zero-order valence-electron chi connectivity index (χ0n) is 10.6. The fourth-order valence-electron chi connectivity index (χ4n) is 2.55. The molecular formula is C12H25NO2S. The average molecular weight is 247 g/mol. The van der Waals surface area contributed by atoms with Crippen LogP contribution in [0.3, 0.4) is 0 Å². The predicted molar refractivity (Wildman–Crippen MR) is 68.4 cm³/mol. The van der Waals surface area contributed by atoms with Crippen LogP contribution in [-0.2, 0) is 9.84 Å². The second kappa shape index (κ2) is 6.01. The highest BCUT2D eigenvalue weighted by Gasteiger charge is 2.34. The van der Waals surface area contributed by atoms with E-state index in [4.69, 9.17) is 0 Å². The molecule has 0 aromatic carbocycles. The van der Waals surface area contributed by atoms with Crippen LogP contribution < -0.4 is 5.32 Å². The maximum absolute atomic E-state index is 11.6. The van der Waals surface area contributed by atoms with E-state index in [0.29, 0.717) is 5.75 Å². The number of sulfone groups is 1. The second-order valence-electron chi connectivity index (χ2n) is 4.97. The molecule has 0 atom stereocenters. The van der Waals surface area contributed by atoms with Crippen molar-refractivity contribution in [2.45, 2.75) is 46.0 Å². The first-order valence-electron chi connectivity index (χ1n) is 6.45. The van der Waals surface area contributed by atoms with Gasteiger partial charge in [-0.3, -0.25) is 0 Å². The molecule has 0 unspecified atom stereocenters. The van der Waals surface area contributed by atoms with E-state index in [1.54, 1.807) is 6.92 Å². The van der Waals surface area contributed by atoms with Gasteiger partial charge < -0.3 is 5.32 Å². The summed E-state index contributed by atoms with van der Waals surface area (Å²) in [5.74, 6) is 0.652. The Morgan fingerprint density at radius 3 is 2.31 bits per heavy atom. The Bertz CT molecular complexity index is 292. The first-order chi connectivity index (χ1) is 7.54. The highest BCUT2D eigenvalue weighted by molar-refractivity contribution is 7.91. The van der Waals surface area contributed by atoms with Gasteiger partial charge in [-0.15, -0.1) is 0 Å². The normalized spacial score (nSPS) is 20.1. The maximum Gasteiger partial charge on any atom is 0.150 e. The predicted octanol–water partition coefficient (Wildman–Crippen LogP) is 1.98. The fraction of sp³-hybridized carbons (Fsp3) is 1.00. The Balaban J connectivity index is 2.51. The van der Waals surface area contributed by atoms with Crippen molar-refractivity contribution in [1.82, 2.24) is 5.32 Å². The molecule has 0 spiro atoms. The van der Waals surface area contributed by atoms with Crippen LogP contribution in [0, 0.1) is 5.41 Å². The smallest absolute Gasteiger partial charge is 0.150 e. The van der Waals surface area contributed by atoms with Crippen molar-refractivity contribution in [3.63, 3.8) is 0 Å². The van der Waals surface area contributed by atoms with Gasteiger partial charge in [-0.25, -0.2) is 8.42 Å². The van der Waals surface area contributed by atoms with Crippen molar-refractivity contribution in [3.8, 4) is 0 Å². The van der Waals surface area contributed by atoms with Gasteiger partial charge in [0.2, 0.25) is 0 Å². The summed E-state index contributed by atoms with van der Waals surface area (Å²) in [6, 6.07) is 0. The van der Waals surface area contributed by atoms with E-state index in [-0.39, 0.29) is 11.2 Å². The summed E-state index contributed by atoms with van der Waals surface area (Å²) in [4.78, 5) is 0. The standard InChI is InChI=1S/C12H25NO2S/c1-3-13-11-12(7-5-6-8-12)9-10-16(14,15)4-2/h13H,3-11H2,1-2H3. The zero-order chi connectivity index (χ0) is 12.1. The SMILES string of the molecule is CCNCC1(CCS(=O)(=O)CC)CCCC1. The molecule has 0 heterocycles. The molecule has 16 heavy (non-hydrogen) atoms. The molecule has 0 saturated heterocycles. The van der Waals surface area contributed by atoms with E-state index in [1.165, 1.54) is 25.7 Å². The quantitative estimate of drug-likeness (QED) is 0.748. The zero-order valence-corrected chi connectivity index (χ0v) is 11.4. The van der Waals surface area contributed by atoms with Crippen molar-refractivity contribution in [2.75, 3.05) is 24.6 Å². The lowest BCUT2D eigenvalue weighted by atomic mass is 9.83. The van der Waals surface area contributed by atoms with Gasteiger partial charge >= 0.3 is 0 Å². The van der Waals surface area contributed by atoms with E-state index in [2.05, 4.69) is 12.2 Å². The van der Waals surface area contributed by atoms with E-state index < -0.39 is 9.84 Å². The number of nitrogens with one attached hydrogen (secondary N) is 1. The molecule has 1 N–H and O–H groups in total. The van der Waals surface area contributed by atoms with Crippen molar-refractivity contribution >= 4 is 9.84 Å². The average Bonchev–Trinajstić information content (AvgIpc) is 2.74. The number of hydrogen-bond acceptors (Lipinski definition) is 3. The third-order valence-corrected chi connectivity index (χ3v) is 5.50. The van der Waals surface area contributed by atoms with Crippen LogP contribution in [0.25, 0.3) is 0 Å². The minimum absolute atomic E-state index is 0.262. The highest BCUT2D eigenvalue weighted by Crippen LogP contribution is 2.40. The lowest BCUT2D eigenvalue weighted by Crippen LogP contribution is -2.34. The molecule has 0 aliphatic heterocycles. The summed E-state index contributed by atoms with van der Waals surface area (Å²) in [6.07, 6.45) is 5.75. The lowest BCUT2D eigenvalue weighted by Gasteiger charge is -2.29. The molecule has 96 valence electrons. The van der Waals surface area contributed by atoms with Crippen molar-refractivity contribution in [1.29, 1.82) is 0 Å². The van der Waals surface area contributed by atoms with Crippen LogP contribution in [0.4, 0.5) is 0 Å². The van der Waals surface area contributed by atoms with Crippen LogP contribution >= 0.6 is 0 Å². The molecule has 4 heteroatoms. The minimum atomic E-state index is -2.80. The molecule has 1 saturated carbocycles. The molecule has 0 aromatic heterocycles. The molecule has 3 nitrogen and oxygen atoms in total. The molecule has 1 aliphatic carbocycles. The van der Waals surface area contributed by atoms with Crippen LogP contribution in [0.15, 0.2) is 0 Å². The summed E-state index contributed by atoms with van der Waals surface area (Å²) < 4.78 is 23.1. The van der Waals surface area contributed by atoms with Gasteiger partial charge in [0.15, 0.2) is 0 Å². The van der Waals surface area contributed by atoms with E-state index in [1.807, 2.05) is 0 Å².